The van der Waals surface area contributed by atoms with E-state index in [4.69, 9.17) is 14.2 Å². The standard InChI is InChI=1S/C31H25F2N5O5/c1-41-25-13-17-16-35-27-24(9-12-34-28(27)38-22(17)15-26(25)42-2)43-23-8-7-20(14-21(23)33)37-30(40)31(10-11-31)29(39)36-19-5-3-18(32)4-6-19/h3-9,12-16H,10-11H2,1-2H3,(H,34,38)(H,36,39)(H,37,40). The minimum atomic E-state index is -1.29. The smallest absolute Gasteiger partial charge is 0.240 e. The Morgan fingerprint density at radius 2 is 1.51 bits per heavy atom. The zero-order valence-corrected chi connectivity index (χ0v) is 23.0. The fraction of sp³-hybridized carbons (Fsp3) is 0.161. The molecule has 6 rings (SSSR count). The van der Waals surface area contributed by atoms with Crippen molar-refractivity contribution in [2.24, 2.45) is 10.4 Å². The predicted octanol–water partition coefficient (Wildman–Crippen LogP) is 6.33. The molecule has 1 aliphatic carbocycles. The number of benzene rings is 3. The highest BCUT2D eigenvalue weighted by Gasteiger charge is 2.56. The van der Waals surface area contributed by atoms with Gasteiger partial charge in [-0.3, -0.25) is 9.59 Å². The van der Waals surface area contributed by atoms with Crippen molar-refractivity contribution in [1.29, 1.82) is 0 Å². The molecule has 2 heterocycles. The van der Waals surface area contributed by atoms with Crippen LogP contribution in [0.4, 0.5) is 37.3 Å². The van der Waals surface area contributed by atoms with Crippen molar-refractivity contribution in [3.05, 3.63) is 84.1 Å². The highest BCUT2D eigenvalue weighted by atomic mass is 19.1. The van der Waals surface area contributed by atoms with E-state index in [0.29, 0.717) is 52.8 Å². The maximum atomic E-state index is 15.2. The van der Waals surface area contributed by atoms with E-state index in [1.165, 1.54) is 56.8 Å². The van der Waals surface area contributed by atoms with Crippen LogP contribution < -0.4 is 30.2 Å². The lowest BCUT2D eigenvalue weighted by molar-refractivity contribution is -0.131. The number of hydrogen-bond donors (Lipinski definition) is 3. The molecule has 0 radical (unpaired) electrons. The minimum absolute atomic E-state index is 0.109. The summed E-state index contributed by atoms with van der Waals surface area (Å²) >= 11 is 0. The lowest BCUT2D eigenvalue weighted by Crippen LogP contribution is -2.35. The average Bonchev–Trinajstić information content (AvgIpc) is 3.83. The number of nitrogens with one attached hydrogen (secondary N) is 3. The summed E-state index contributed by atoms with van der Waals surface area (Å²) in [5.41, 5.74) is 0.975. The Hall–Kier alpha value is -5.52. The van der Waals surface area contributed by atoms with Gasteiger partial charge >= 0.3 is 0 Å². The topological polar surface area (TPSA) is 123 Å². The van der Waals surface area contributed by atoms with Crippen molar-refractivity contribution in [3.63, 3.8) is 0 Å². The van der Waals surface area contributed by atoms with Gasteiger partial charge in [-0.25, -0.2) is 18.8 Å². The highest BCUT2D eigenvalue weighted by Crippen LogP contribution is 2.48. The molecule has 1 fully saturated rings. The van der Waals surface area contributed by atoms with Crippen LogP contribution in [0.1, 0.15) is 18.4 Å². The number of carbonyl (C=O) groups excluding carboxylic acids is 2. The maximum Gasteiger partial charge on any atom is 0.240 e. The summed E-state index contributed by atoms with van der Waals surface area (Å²) < 4.78 is 45.0. The molecule has 1 aromatic heterocycles. The number of methoxy groups -OCH3 is 2. The summed E-state index contributed by atoms with van der Waals surface area (Å²) in [4.78, 5) is 34.7. The van der Waals surface area contributed by atoms with Crippen molar-refractivity contribution >= 4 is 46.6 Å². The number of rotatable bonds is 8. The molecule has 0 bridgehead atoms. The summed E-state index contributed by atoms with van der Waals surface area (Å²) in [6.45, 7) is 0. The number of amides is 2. The third-order valence-corrected chi connectivity index (χ3v) is 7.16. The first-order chi connectivity index (χ1) is 20.8. The van der Waals surface area contributed by atoms with Crippen LogP contribution in [0, 0.1) is 17.0 Å². The number of fused-ring (bicyclic) bond motifs is 2. The van der Waals surface area contributed by atoms with Gasteiger partial charge < -0.3 is 30.2 Å². The second kappa shape index (κ2) is 11.0. The third kappa shape index (κ3) is 5.42. The summed E-state index contributed by atoms with van der Waals surface area (Å²) in [6.07, 6.45) is 3.78. The van der Waals surface area contributed by atoms with Crippen LogP contribution in [0.25, 0.3) is 0 Å². The fourth-order valence-electron chi connectivity index (χ4n) is 4.60. The first-order valence-corrected chi connectivity index (χ1v) is 13.2. The first-order valence-electron chi connectivity index (χ1n) is 13.2. The van der Waals surface area contributed by atoms with Crippen LogP contribution in [0.15, 0.2) is 71.9 Å². The maximum absolute atomic E-state index is 15.2. The average molecular weight is 586 g/mol. The summed E-state index contributed by atoms with van der Waals surface area (Å²) in [6, 6.07) is 14.3. The quantitative estimate of drug-likeness (QED) is 0.182. The molecule has 1 saturated carbocycles. The second-order valence-electron chi connectivity index (χ2n) is 9.93. The Balaban J connectivity index is 1.17. The predicted molar refractivity (Wildman–Crippen MR) is 156 cm³/mol. The van der Waals surface area contributed by atoms with Gasteiger partial charge in [0.2, 0.25) is 11.8 Å². The first kappa shape index (κ1) is 27.6. The number of hydrogen-bond acceptors (Lipinski definition) is 8. The number of nitrogens with zero attached hydrogens (tertiary/aromatic N) is 2. The molecule has 3 aromatic carbocycles. The Labute approximate surface area is 244 Å². The zero-order chi connectivity index (χ0) is 30.1. The van der Waals surface area contributed by atoms with Gasteiger partial charge in [0.25, 0.3) is 0 Å². The van der Waals surface area contributed by atoms with Gasteiger partial charge in [0.1, 0.15) is 16.9 Å². The summed E-state index contributed by atoms with van der Waals surface area (Å²) in [7, 11) is 3.07. The Morgan fingerprint density at radius 3 is 2.19 bits per heavy atom. The van der Waals surface area contributed by atoms with Crippen LogP contribution in [0.5, 0.6) is 23.0 Å². The lowest BCUT2D eigenvalue weighted by atomic mass is 10.0. The molecule has 0 saturated heterocycles. The molecule has 1 aliphatic heterocycles. The molecule has 2 aliphatic rings. The van der Waals surface area contributed by atoms with Crippen LogP contribution in [0.2, 0.25) is 0 Å². The van der Waals surface area contributed by atoms with E-state index >= 15 is 4.39 Å². The van der Waals surface area contributed by atoms with Gasteiger partial charge in [0.15, 0.2) is 34.6 Å². The lowest BCUT2D eigenvalue weighted by Gasteiger charge is -2.16. The van der Waals surface area contributed by atoms with E-state index in [1.807, 2.05) is 0 Å². The van der Waals surface area contributed by atoms with Crippen molar-refractivity contribution in [2.75, 3.05) is 30.2 Å². The Kier molecular flexibility index (Phi) is 7.10. The number of anilines is 4. The highest BCUT2D eigenvalue weighted by molar-refractivity contribution is 6.16. The molecule has 4 aromatic rings. The van der Waals surface area contributed by atoms with Gasteiger partial charge in [-0.2, -0.15) is 0 Å². The molecule has 43 heavy (non-hydrogen) atoms. The van der Waals surface area contributed by atoms with Gasteiger partial charge in [-0.05, 0) is 55.3 Å². The van der Waals surface area contributed by atoms with E-state index in [1.54, 1.807) is 24.4 Å². The van der Waals surface area contributed by atoms with Gasteiger partial charge in [-0.15, -0.1) is 0 Å². The van der Waals surface area contributed by atoms with E-state index in [0.717, 1.165) is 6.07 Å². The molecule has 12 heteroatoms. The number of aliphatic imine (C=N–C) groups is 1. The van der Waals surface area contributed by atoms with Gasteiger partial charge in [0.05, 0.1) is 19.9 Å². The minimum Gasteiger partial charge on any atom is -0.493 e. The molecular formula is C31H25F2N5O5. The van der Waals surface area contributed by atoms with Crippen LogP contribution in [-0.4, -0.2) is 37.2 Å². The van der Waals surface area contributed by atoms with E-state index < -0.39 is 28.9 Å². The monoisotopic (exact) mass is 585 g/mol. The fourth-order valence-corrected chi connectivity index (χ4v) is 4.60. The number of halogens is 2. The molecule has 0 spiro atoms. The normalized spacial score (nSPS) is 13.9. The number of aromatic nitrogens is 1. The van der Waals surface area contributed by atoms with E-state index in [9.17, 15) is 14.0 Å². The largest absolute Gasteiger partial charge is 0.493 e. The molecule has 0 atom stereocenters. The van der Waals surface area contributed by atoms with Crippen molar-refractivity contribution in [2.45, 2.75) is 12.8 Å². The van der Waals surface area contributed by atoms with E-state index in [2.05, 4.69) is 25.9 Å². The molecule has 10 nitrogen and oxygen atoms in total. The Morgan fingerprint density at radius 1 is 0.837 bits per heavy atom. The molecule has 2 amide bonds. The van der Waals surface area contributed by atoms with Gasteiger partial charge in [0, 0.05) is 47.5 Å². The van der Waals surface area contributed by atoms with Crippen molar-refractivity contribution in [3.8, 4) is 23.0 Å². The summed E-state index contributed by atoms with van der Waals surface area (Å²) in [5, 5.41) is 8.46. The molecule has 3 N–H and O–H groups in total. The number of pyridine rings is 1. The van der Waals surface area contributed by atoms with Crippen LogP contribution >= 0.6 is 0 Å². The number of carbonyl (C=O) groups is 2. The van der Waals surface area contributed by atoms with Gasteiger partial charge in [-0.1, -0.05) is 0 Å². The SMILES string of the molecule is COc1cc2c(cc1OC)Nc1nccc(Oc3ccc(NC(=O)C4(C(=O)Nc5ccc(F)cc5)CC4)cc3F)c1N=C2. The third-order valence-electron chi connectivity index (χ3n) is 7.16. The van der Waals surface area contributed by atoms with Crippen LogP contribution in [0.3, 0.4) is 0 Å². The molecule has 218 valence electrons. The second-order valence-corrected chi connectivity index (χ2v) is 9.93. The molecular weight excluding hydrogens is 560 g/mol. The van der Waals surface area contributed by atoms with Crippen molar-refractivity contribution in [1.82, 2.24) is 4.98 Å². The summed E-state index contributed by atoms with van der Waals surface area (Å²) in [5.74, 6) is -0.690. The Bertz CT molecular complexity index is 1770. The molecule has 0 unspecified atom stereocenters. The van der Waals surface area contributed by atoms with E-state index in [-0.39, 0.29) is 17.2 Å². The van der Waals surface area contributed by atoms with Crippen LogP contribution in [-0.2, 0) is 9.59 Å². The number of ether oxygens (including phenoxy) is 3. The zero-order valence-electron chi connectivity index (χ0n) is 23.0. The van der Waals surface area contributed by atoms with Crippen molar-refractivity contribution < 1.29 is 32.6 Å².